The molecule has 1 amide bonds. The number of hydrogen-bond acceptors (Lipinski definition) is 3. The lowest BCUT2D eigenvalue weighted by Crippen LogP contribution is -2.51. The monoisotopic (exact) mass is 241 g/mol. The van der Waals surface area contributed by atoms with Crippen LogP contribution in [0.2, 0.25) is 0 Å². The van der Waals surface area contributed by atoms with E-state index in [9.17, 15) is 13.2 Å². The number of halogens is 1. The topological polar surface area (TPSA) is 83.5 Å². The number of nitrogens with one attached hydrogen (secondary N) is 1. The quantitative estimate of drug-likeness (QED) is 0.408. The number of alkyl halides is 1. The van der Waals surface area contributed by atoms with Crippen molar-refractivity contribution in [2.45, 2.75) is 12.5 Å². The number of rotatable bonds is 5. The molecule has 14 heavy (non-hydrogen) atoms. The van der Waals surface area contributed by atoms with Crippen LogP contribution in [-0.2, 0) is 14.9 Å². The van der Waals surface area contributed by atoms with Crippen LogP contribution < -0.4 is 5.32 Å². The molecule has 7 heteroatoms. The maximum Gasteiger partial charge on any atom is 0.267 e. The molecule has 2 N–H and O–H groups in total. The maximum absolute atomic E-state index is 10.9. The predicted molar refractivity (Wildman–Crippen MR) is 53.9 cm³/mol. The Morgan fingerprint density at radius 3 is 2.50 bits per heavy atom. The first-order chi connectivity index (χ1) is 6.22. The molecule has 0 aromatic heterocycles. The highest BCUT2D eigenvalue weighted by Crippen LogP contribution is 2.09. The molecule has 0 fully saturated rings. The van der Waals surface area contributed by atoms with Crippen LogP contribution in [-0.4, -0.2) is 36.0 Å². The van der Waals surface area contributed by atoms with Crippen molar-refractivity contribution in [3.63, 3.8) is 0 Å². The zero-order valence-electron chi connectivity index (χ0n) is 7.66. The average molecular weight is 242 g/mol. The third kappa shape index (κ3) is 5.21. The molecule has 0 aromatic carbocycles. The summed E-state index contributed by atoms with van der Waals surface area (Å²) >= 11 is 5.49. The molecule has 0 aliphatic heterocycles. The first-order valence-corrected chi connectivity index (χ1v) is 5.82. The van der Waals surface area contributed by atoms with Gasteiger partial charge in [0.1, 0.15) is 0 Å². The van der Waals surface area contributed by atoms with E-state index in [0.717, 1.165) is 6.08 Å². The van der Waals surface area contributed by atoms with E-state index in [0.29, 0.717) is 0 Å². The third-order valence-electron chi connectivity index (χ3n) is 1.41. The first kappa shape index (κ1) is 13.4. The van der Waals surface area contributed by atoms with Crippen LogP contribution in [0, 0.1) is 0 Å². The summed E-state index contributed by atoms with van der Waals surface area (Å²) in [6, 6.07) is 0. The van der Waals surface area contributed by atoms with Crippen LogP contribution in [0.3, 0.4) is 0 Å². The second-order valence-electron chi connectivity index (χ2n) is 3.11. The number of carbonyl (C=O) groups excluding carboxylic acids is 1. The molecule has 0 radical (unpaired) electrons. The lowest BCUT2D eigenvalue weighted by molar-refractivity contribution is -0.117. The Morgan fingerprint density at radius 1 is 1.71 bits per heavy atom. The van der Waals surface area contributed by atoms with Crippen LogP contribution in [0.4, 0.5) is 0 Å². The number of carbonyl (C=O) groups is 1. The van der Waals surface area contributed by atoms with Crippen LogP contribution in [0.15, 0.2) is 12.7 Å². The molecule has 0 aliphatic rings. The maximum atomic E-state index is 10.9. The Labute approximate surface area is 87.9 Å². The van der Waals surface area contributed by atoms with E-state index in [1.807, 2.05) is 0 Å². The molecule has 0 saturated heterocycles. The highest BCUT2D eigenvalue weighted by molar-refractivity contribution is 7.85. The van der Waals surface area contributed by atoms with Gasteiger partial charge in [0.25, 0.3) is 10.1 Å². The highest BCUT2D eigenvalue weighted by atomic mass is 35.5. The molecule has 1 atom stereocenters. The normalized spacial score (nSPS) is 15.6. The van der Waals surface area contributed by atoms with Gasteiger partial charge in [0.2, 0.25) is 5.91 Å². The molecule has 0 heterocycles. The van der Waals surface area contributed by atoms with Gasteiger partial charge in [-0.25, -0.2) is 0 Å². The largest absolute Gasteiger partial charge is 0.345 e. The van der Waals surface area contributed by atoms with Gasteiger partial charge in [-0.15, -0.1) is 11.6 Å². The average Bonchev–Trinajstić information content (AvgIpc) is 2.00. The van der Waals surface area contributed by atoms with Crippen molar-refractivity contribution >= 4 is 27.6 Å². The molecule has 0 aliphatic carbocycles. The van der Waals surface area contributed by atoms with Crippen molar-refractivity contribution in [3.05, 3.63) is 12.7 Å². The van der Waals surface area contributed by atoms with E-state index in [-0.39, 0.29) is 5.88 Å². The first-order valence-electron chi connectivity index (χ1n) is 3.68. The number of amides is 1. The summed E-state index contributed by atoms with van der Waals surface area (Å²) in [5.74, 6) is -1.31. The van der Waals surface area contributed by atoms with E-state index in [1.165, 1.54) is 6.92 Å². The van der Waals surface area contributed by atoms with Crippen molar-refractivity contribution in [2.75, 3.05) is 11.6 Å². The molecular formula is C7H12ClNO4S. The molecule has 82 valence electrons. The van der Waals surface area contributed by atoms with Gasteiger partial charge < -0.3 is 5.32 Å². The van der Waals surface area contributed by atoms with Gasteiger partial charge in [0.05, 0.1) is 11.3 Å². The molecule has 0 bridgehead atoms. The smallest absolute Gasteiger partial charge is 0.267 e. The molecule has 0 saturated carbocycles. The molecule has 0 spiro atoms. The fourth-order valence-electron chi connectivity index (χ4n) is 0.859. The van der Waals surface area contributed by atoms with Crippen LogP contribution >= 0.6 is 11.6 Å². The molecule has 0 rings (SSSR count). The molecular weight excluding hydrogens is 230 g/mol. The third-order valence-corrected chi connectivity index (χ3v) is 3.00. The van der Waals surface area contributed by atoms with Crippen molar-refractivity contribution < 1.29 is 17.8 Å². The Balaban J connectivity index is 4.64. The Bertz CT molecular complexity index is 327. The summed E-state index contributed by atoms with van der Waals surface area (Å²) in [5.41, 5.74) is -1.19. The fourth-order valence-corrected chi connectivity index (χ4v) is 2.11. The van der Waals surface area contributed by atoms with Crippen molar-refractivity contribution in [2.24, 2.45) is 0 Å². The number of hydrogen-bond donors (Lipinski definition) is 2. The van der Waals surface area contributed by atoms with Gasteiger partial charge in [-0.1, -0.05) is 6.58 Å². The van der Waals surface area contributed by atoms with Crippen LogP contribution in [0.25, 0.3) is 0 Å². The standard InChI is InChI=1S/C7H12ClNO4S/c1-3-6(10)9-7(2,4-8)5-14(11,12)13/h3H,1,4-5H2,2H3,(H,9,10)(H,11,12,13). The molecule has 1 unspecified atom stereocenters. The van der Waals surface area contributed by atoms with E-state index in [4.69, 9.17) is 16.2 Å². The minimum atomic E-state index is -4.18. The summed E-state index contributed by atoms with van der Waals surface area (Å²) in [6.07, 6.45) is 0.995. The zero-order chi connectivity index (χ0) is 11.4. The van der Waals surface area contributed by atoms with Gasteiger partial charge in [0, 0.05) is 5.88 Å². The Morgan fingerprint density at radius 2 is 2.21 bits per heavy atom. The SMILES string of the molecule is C=CC(=O)NC(C)(CCl)CS(=O)(=O)O. The summed E-state index contributed by atoms with van der Waals surface area (Å²) in [6.45, 7) is 4.62. The minimum absolute atomic E-state index is 0.133. The van der Waals surface area contributed by atoms with E-state index in [2.05, 4.69) is 11.9 Å². The van der Waals surface area contributed by atoms with E-state index >= 15 is 0 Å². The van der Waals surface area contributed by atoms with E-state index < -0.39 is 27.3 Å². The van der Waals surface area contributed by atoms with Gasteiger partial charge in [-0.2, -0.15) is 8.42 Å². The van der Waals surface area contributed by atoms with Crippen molar-refractivity contribution in [3.8, 4) is 0 Å². The summed E-state index contributed by atoms with van der Waals surface area (Å²) in [4.78, 5) is 10.9. The van der Waals surface area contributed by atoms with E-state index in [1.54, 1.807) is 0 Å². The lowest BCUT2D eigenvalue weighted by Gasteiger charge is -2.26. The fraction of sp³-hybridized carbons (Fsp3) is 0.571. The second kappa shape index (κ2) is 4.77. The van der Waals surface area contributed by atoms with Crippen LogP contribution in [0.1, 0.15) is 6.92 Å². The predicted octanol–water partition coefficient (Wildman–Crippen LogP) is 0.174. The summed E-state index contributed by atoms with van der Waals surface area (Å²) in [5, 5.41) is 2.32. The zero-order valence-corrected chi connectivity index (χ0v) is 9.23. The van der Waals surface area contributed by atoms with Crippen molar-refractivity contribution in [1.82, 2.24) is 5.32 Å². The highest BCUT2D eigenvalue weighted by Gasteiger charge is 2.30. The Hall–Kier alpha value is -0.590. The van der Waals surface area contributed by atoms with Gasteiger partial charge in [0.15, 0.2) is 0 Å². The van der Waals surface area contributed by atoms with Crippen molar-refractivity contribution in [1.29, 1.82) is 0 Å². The molecule has 0 aromatic rings. The van der Waals surface area contributed by atoms with Gasteiger partial charge in [-0.3, -0.25) is 9.35 Å². The Kier molecular flexibility index (Phi) is 4.57. The van der Waals surface area contributed by atoms with Gasteiger partial charge in [-0.05, 0) is 13.0 Å². The molecule has 5 nitrogen and oxygen atoms in total. The summed E-state index contributed by atoms with van der Waals surface area (Å²) in [7, 11) is -4.18. The van der Waals surface area contributed by atoms with Gasteiger partial charge >= 0.3 is 0 Å². The lowest BCUT2D eigenvalue weighted by atomic mass is 10.1. The second-order valence-corrected chi connectivity index (χ2v) is 4.83. The van der Waals surface area contributed by atoms with Crippen LogP contribution in [0.5, 0.6) is 0 Å². The summed E-state index contributed by atoms with van der Waals surface area (Å²) < 4.78 is 29.8. The minimum Gasteiger partial charge on any atom is -0.345 e.